The van der Waals surface area contributed by atoms with Crippen LogP contribution >= 0.6 is 11.3 Å². The quantitative estimate of drug-likeness (QED) is 0.410. The molecule has 0 fully saturated rings. The number of fused-ring (bicyclic) bond motifs is 3. The number of aryl methyl sites for hydroxylation is 2. The second kappa shape index (κ2) is 9.82. The van der Waals surface area contributed by atoms with E-state index in [1.54, 1.807) is 30.6 Å². The van der Waals surface area contributed by atoms with Crippen molar-refractivity contribution in [3.8, 4) is 23.1 Å². The van der Waals surface area contributed by atoms with Gasteiger partial charge < -0.3 is 18.9 Å². The highest BCUT2D eigenvalue weighted by molar-refractivity contribution is 7.18. The molecular formula is C22H24N4O5S. The summed E-state index contributed by atoms with van der Waals surface area (Å²) in [5, 5.41) is 4.93. The van der Waals surface area contributed by atoms with Crippen LogP contribution in [0.15, 0.2) is 23.6 Å². The molecule has 0 atom stereocenters. The Morgan fingerprint density at radius 1 is 1.12 bits per heavy atom. The molecule has 0 saturated heterocycles. The van der Waals surface area contributed by atoms with Crippen LogP contribution in [0.3, 0.4) is 0 Å². The number of ether oxygens (including phenoxy) is 4. The molecule has 0 saturated carbocycles. The van der Waals surface area contributed by atoms with Crippen LogP contribution in [-0.2, 0) is 17.6 Å². The summed E-state index contributed by atoms with van der Waals surface area (Å²) in [4.78, 5) is 23.2. The summed E-state index contributed by atoms with van der Waals surface area (Å²) >= 11 is 1.68. The number of nitrogens with zero attached hydrogens (tertiary/aromatic N) is 3. The molecule has 168 valence electrons. The lowest BCUT2D eigenvalue weighted by Gasteiger charge is -2.13. The monoisotopic (exact) mass is 456 g/mol. The zero-order valence-corrected chi connectivity index (χ0v) is 19.0. The maximum absolute atomic E-state index is 12.3. The van der Waals surface area contributed by atoms with E-state index in [0.717, 1.165) is 29.5 Å². The van der Waals surface area contributed by atoms with Crippen molar-refractivity contribution in [1.29, 1.82) is 0 Å². The number of amides is 1. The minimum atomic E-state index is -0.406. The van der Waals surface area contributed by atoms with Gasteiger partial charge in [-0.1, -0.05) is 0 Å². The average molecular weight is 457 g/mol. The van der Waals surface area contributed by atoms with Crippen LogP contribution in [0.1, 0.15) is 28.8 Å². The van der Waals surface area contributed by atoms with Gasteiger partial charge in [-0.05, 0) is 43.4 Å². The Balaban J connectivity index is 1.42. The van der Waals surface area contributed by atoms with Gasteiger partial charge in [0.25, 0.3) is 5.91 Å². The molecule has 0 unspecified atom stereocenters. The van der Waals surface area contributed by atoms with E-state index in [4.69, 9.17) is 18.9 Å². The molecule has 0 aliphatic heterocycles. The first-order valence-electron chi connectivity index (χ1n) is 10.1. The molecule has 2 heterocycles. The van der Waals surface area contributed by atoms with Gasteiger partial charge in [0.2, 0.25) is 11.6 Å². The maximum atomic E-state index is 12.3. The van der Waals surface area contributed by atoms with E-state index in [-0.39, 0.29) is 6.61 Å². The molecule has 1 aliphatic rings. The molecule has 1 amide bonds. The van der Waals surface area contributed by atoms with Crippen LogP contribution < -0.4 is 24.4 Å². The molecule has 32 heavy (non-hydrogen) atoms. The van der Waals surface area contributed by atoms with Crippen molar-refractivity contribution in [2.24, 2.45) is 5.10 Å². The third-order valence-corrected chi connectivity index (χ3v) is 6.38. The van der Waals surface area contributed by atoms with Gasteiger partial charge in [0, 0.05) is 10.4 Å². The first-order valence-corrected chi connectivity index (χ1v) is 11.0. The molecule has 4 rings (SSSR count). The SMILES string of the molecule is COc1ccc(/C=N/NC(=O)COc2ncnc3sc4c(c23)CCCC4)c(OC)c1OC. The minimum absolute atomic E-state index is 0.211. The zero-order chi connectivity index (χ0) is 22.5. The number of carbonyl (C=O) groups is 1. The molecule has 0 spiro atoms. The second-order valence-corrected chi connectivity index (χ2v) is 8.16. The number of hydrazone groups is 1. The minimum Gasteiger partial charge on any atom is -0.493 e. The molecule has 9 nitrogen and oxygen atoms in total. The fourth-order valence-electron chi connectivity index (χ4n) is 3.74. The summed E-state index contributed by atoms with van der Waals surface area (Å²) in [6.45, 7) is -0.211. The van der Waals surface area contributed by atoms with Crippen molar-refractivity contribution in [1.82, 2.24) is 15.4 Å². The van der Waals surface area contributed by atoms with Crippen molar-refractivity contribution >= 4 is 33.7 Å². The standard InChI is InChI=1S/C22H24N4O5S/c1-28-15-9-8-13(19(29-2)20(15)30-3)10-25-26-17(27)11-31-21-18-14-6-4-5-7-16(14)32-22(18)24-12-23-21/h8-10,12H,4-7,11H2,1-3H3,(H,26,27)/b25-10+. The second-order valence-electron chi connectivity index (χ2n) is 7.08. The summed E-state index contributed by atoms with van der Waals surface area (Å²) in [6.07, 6.45) is 7.32. The summed E-state index contributed by atoms with van der Waals surface area (Å²) < 4.78 is 21.7. The molecule has 1 aliphatic carbocycles. The number of benzene rings is 1. The lowest BCUT2D eigenvalue weighted by molar-refractivity contribution is -0.123. The van der Waals surface area contributed by atoms with Gasteiger partial charge in [0.1, 0.15) is 11.2 Å². The molecule has 0 radical (unpaired) electrons. The number of carbonyl (C=O) groups excluding carboxylic acids is 1. The Bertz CT molecular complexity index is 1160. The molecule has 0 bridgehead atoms. The van der Waals surface area contributed by atoms with Gasteiger partial charge in [0.05, 0.1) is 32.9 Å². The highest BCUT2D eigenvalue weighted by atomic mass is 32.1. The van der Waals surface area contributed by atoms with Gasteiger partial charge in [-0.25, -0.2) is 15.4 Å². The van der Waals surface area contributed by atoms with E-state index in [9.17, 15) is 4.79 Å². The van der Waals surface area contributed by atoms with Crippen LogP contribution in [0, 0.1) is 0 Å². The first kappa shape index (κ1) is 21.8. The summed E-state index contributed by atoms with van der Waals surface area (Å²) in [5.41, 5.74) is 4.33. The van der Waals surface area contributed by atoms with Crippen molar-refractivity contribution in [2.75, 3.05) is 27.9 Å². The molecular weight excluding hydrogens is 432 g/mol. The molecule has 10 heteroatoms. The fourth-order valence-corrected chi connectivity index (χ4v) is 4.96. The number of hydrogen-bond acceptors (Lipinski definition) is 9. The number of hydrogen-bond donors (Lipinski definition) is 1. The smallest absolute Gasteiger partial charge is 0.278 e. The van der Waals surface area contributed by atoms with Crippen LogP contribution in [0.5, 0.6) is 23.1 Å². The highest BCUT2D eigenvalue weighted by Gasteiger charge is 2.21. The van der Waals surface area contributed by atoms with Gasteiger partial charge in [-0.15, -0.1) is 11.3 Å². The fraction of sp³-hybridized carbons (Fsp3) is 0.364. The Hall–Kier alpha value is -3.40. The van der Waals surface area contributed by atoms with Crippen molar-refractivity contribution in [3.63, 3.8) is 0 Å². The van der Waals surface area contributed by atoms with E-state index in [1.807, 2.05) is 0 Å². The van der Waals surface area contributed by atoms with E-state index >= 15 is 0 Å². The Labute approximate surface area is 189 Å². The molecule has 1 N–H and O–H groups in total. The van der Waals surface area contributed by atoms with Crippen molar-refractivity contribution in [2.45, 2.75) is 25.7 Å². The normalized spacial score (nSPS) is 13.1. The Kier molecular flexibility index (Phi) is 6.69. The third kappa shape index (κ3) is 4.31. The predicted octanol–water partition coefficient (Wildman–Crippen LogP) is 3.13. The zero-order valence-electron chi connectivity index (χ0n) is 18.1. The lowest BCUT2D eigenvalue weighted by Crippen LogP contribution is -2.25. The van der Waals surface area contributed by atoms with Crippen LogP contribution in [0.2, 0.25) is 0 Å². The summed E-state index contributed by atoms with van der Waals surface area (Å²) in [5.74, 6) is 1.46. The maximum Gasteiger partial charge on any atom is 0.278 e. The van der Waals surface area contributed by atoms with E-state index in [2.05, 4.69) is 20.5 Å². The van der Waals surface area contributed by atoms with Crippen LogP contribution in [0.4, 0.5) is 0 Å². The van der Waals surface area contributed by atoms with E-state index in [1.165, 1.54) is 43.6 Å². The van der Waals surface area contributed by atoms with Gasteiger partial charge in [0.15, 0.2) is 18.1 Å². The van der Waals surface area contributed by atoms with Gasteiger partial charge >= 0.3 is 0 Å². The predicted molar refractivity (Wildman–Crippen MR) is 121 cm³/mol. The van der Waals surface area contributed by atoms with Gasteiger partial charge in [-0.3, -0.25) is 4.79 Å². The number of thiophene rings is 1. The van der Waals surface area contributed by atoms with Crippen molar-refractivity contribution in [3.05, 3.63) is 34.5 Å². The topological polar surface area (TPSA) is 104 Å². The van der Waals surface area contributed by atoms with E-state index < -0.39 is 5.91 Å². The number of aromatic nitrogens is 2. The van der Waals surface area contributed by atoms with Gasteiger partial charge in [-0.2, -0.15) is 5.10 Å². The largest absolute Gasteiger partial charge is 0.493 e. The van der Waals surface area contributed by atoms with Crippen molar-refractivity contribution < 1.29 is 23.7 Å². The molecule has 3 aromatic rings. The molecule has 2 aromatic heterocycles. The lowest BCUT2D eigenvalue weighted by atomic mass is 9.97. The Morgan fingerprint density at radius 3 is 2.72 bits per heavy atom. The average Bonchev–Trinajstić information content (AvgIpc) is 3.21. The number of nitrogens with one attached hydrogen (secondary N) is 1. The summed E-state index contributed by atoms with van der Waals surface area (Å²) in [6, 6.07) is 3.49. The van der Waals surface area contributed by atoms with E-state index in [0.29, 0.717) is 28.7 Å². The third-order valence-electron chi connectivity index (χ3n) is 5.18. The van der Waals surface area contributed by atoms with Crippen LogP contribution in [0.25, 0.3) is 10.2 Å². The Morgan fingerprint density at radius 2 is 1.94 bits per heavy atom. The highest BCUT2D eigenvalue weighted by Crippen LogP contribution is 2.40. The summed E-state index contributed by atoms with van der Waals surface area (Å²) in [7, 11) is 4.59. The number of rotatable bonds is 8. The van der Waals surface area contributed by atoms with Crippen LogP contribution in [-0.4, -0.2) is 50.0 Å². The number of methoxy groups -OCH3 is 3. The molecule has 1 aromatic carbocycles. The first-order chi connectivity index (χ1) is 15.7.